The average molecular weight is 285 g/mol. The van der Waals surface area contributed by atoms with Crippen molar-refractivity contribution in [3.63, 3.8) is 0 Å². The minimum absolute atomic E-state index is 0.0143. The topological polar surface area (TPSA) is 80.7 Å². The quantitative estimate of drug-likeness (QED) is 0.392. The molecule has 3 N–H and O–H groups in total. The number of nitrogens with zero attached hydrogens (tertiary/aromatic N) is 2. The number of hydrogen-bond acceptors (Lipinski definition) is 4. The number of rotatable bonds is 4. The molecule has 21 heavy (non-hydrogen) atoms. The highest BCUT2D eigenvalue weighted by atomic mass is 16.5. The van der Waals surface area contributed by atoms with Crippen LogP contribution in [0.5, 0.6) is 5.75 Å². The van der Waals surface area contributed by atoms with Crippen molar-refractivity contribution in [1.82, 2.24) is 4.98 Å². The van der Waals surface area contributed by atoms with Gasteiger partial charge in [-0.3, -0.25) is 4.98 Å². The molecule has 0 saturated carbocycles. The number of hydrogen-bond donors (Lipinski definition) is 2. The highest BCUT2D eigenvalue weighted by Gasteiger charge is 2.07. The maximum absolute atomic E-state index is 8.68. The van der Waals surface area contributed by atoms with E-state index >= 15 is 0 Å². The Morgan fingerprint density at radius 1 is 1.24 bits per heavy atom. The summed E-state index contributed by atoms with van der Waals surface area (Å²) in [5.74, 6) is 0.877. The van der Waals surface area contributed by atoms with E-state index in [0.29, 0.717) is 12.3 Å². The van der Waals surface area contributed by atoms with E-state index in [1.54, 1.807) is 12.3 Å². The van der Waals surface area contributed by atoms with Crippen molar-refractivity contribution < 1.29 is 9.94 Å². The Labute approximate surface area is 124 Å². The Morgan fingerprint density at radius 3 is 2.52 bits per heavy atom. The Morgan fingerprint density at radius 2 is 1.90 bits per heavy atom. The fourth-order valence-corrected chi connectivity index (χ4v) is 2.31. The molecule has 1 heterocycles. The first-order valence-corrected chi connectivity index (χ1v) is 6.64. The number of pyridine rings is 1. The molecule has 0 unspecified atom stereocenters. The highest BCUT2D eigenvalue weighted by molar-refractivity contribution is 5.95. The lowest BCUT2D eigenvalue weighted by atomic mass is 10.1. The minimum Gasteiger partial charge on any atom is -0.488 e. The van der Waals surface area contributed by atoms with Gasteiger partial charge in [0.05, 0.1) is 0 Å². The Hall–Kier alpha value is -2.56. The summed E-state index contributed by atoms with van der Waals surface area (Å²) < 4.78 is 5.91. The zero-order valence-corrected chi connectivity index (χ0v) is 12.4. The molecular formula is C16H19N3O2. The largest absolute Gasteiger partial charge is 0.488 e. The van der Waals surface area contributed by atoms with E-state index in [1.165, 1.54) is 5.56 Å². The van der Waals surface area contributed by atoms with Gasteiger partial charge in [0.2, 0.25) is 0 Å². The van der Waals surface area contributed by atoms with Gasteiger partial charge < -0.3 is 15.7 Å². The standard InChI is InChI=1S/C16H19N3O2/c1-10-6-11(2)15(12(3)7-10)21-9-13-4-5-18-14(8-13)16(17)19-20/h4-8,20H,9H2,1-3H3,(H2,17,19). The van der Waals surface area contributed by atoms with E-state index in [1.807, 2.05) is 19.9 Å². The molecule has 0 aliphatic carbocycles. The Balaban J connectivity index is 2.17. The van der Waals surface area contributed by atoms with Crippen molar-refractivity contribution in [3.05, 3.63) is 58.4 Å². The SMILES string of the molecule is Cc1cc(C)c(OCc2ccnc(C(N)=NO)c2)c(C)c1. The first-order valence-electron chi connectivity index (χ1n) is 6.64. The second kappa shape index (κ2) is 6.26. The van der Waals surface area contributed by atoms with E-state index < -0.39 is 0 Å². The summed E-state index contributed by atoms with van der Waals surface area (Å²) in [4.78, 5) is 4.04. The van der Waals surface area contributed by atoms with Crippen molar-refractivity contribution >= 4 is 5.84 Å². The van der Waals surface area contributed by atoms with Crippen LogP contribution in [0.2, 0.25) is 0 Å². The lowest BCUT2D eigenvalue weighted by Gasteiger charge is -2.13. The first-order chi connectivity index (χ1) is 10.0. The molecule has 0 amide bonds. The van der Waals surface area contributed by atoms with Crippen LogP contribution in [-0.2, 0) is 6.61 Å². The Kier molecular flexibility index (Phi) is 4.42. The van der Waals surface area contributed by atoms with Crippen LogP contribution in [0.1, 0.15) is 27.9 Å². The number of oxime groups is 1. The van der Waals surface area contributed by atoms with Gasteiger partial charge >= 0.3 is 0 Å². The van der Waals surface area contributed by atoms with Gasteiger partial charge in [0.15, 0.2) is 5.84 Å². The fraction of sp³-hybridized carbons (Fsp3) is 0.250. The molecule has 0 fully saturated rings. The zero-order chi connectivity index (χ0) is 15.4. The molecule has 0 aliphatic heterocycles. The summed E-state index contributed by atoms with van der Waals surface area (Å²) in [6, 6.07) is 7.77. The number of benzene rings is 1. The lowest BCUT2D eigenvalue weighted by molar-refractivity contribution is 0.301. The van der Waals surface area contributed by atoms with Crippen LogP contribution < -0.4 is 10.5 Å². The van der Waals surface area contributed by atoms with Gasteiger partial charge in [-0.2, -0.15) is 0 Å². The number of amidine groups is 1. The maximum Gasteiger partial charge on any atom is 0.188 e. The molecule has 2 rings (SSSR count). The molecule has 1 aromatic heterocycles. The summed E-state index contributed by atoms with van der Waals surface area (Å²) in [6.45, 7) is 6.53. The first kappa shape index (κ1) is 14.8. The molecule has 5 nitrogen and oxygen atoms in total. The molecular weight excluding hydrogens is 266 g/mol. The van der Waals surface area contributed by atoms with Crippen LogP contribution in [-0.4, -0.2) is 16.0 Å². The summed E-state index contributed by atoms with van der Waals surface area (Å²) in [5, 5.41) is 11.6. The highest BCUT2D eigenvalue weighted by Crippen LogP contribution is 2.25. The van der Waals surface area contributed by atoms with Crippen LogP contribution in [0, 0.1) is 20.8 Å². The van der Waals surface area contributed by atoms with E-state index in [-0.39, 0.29) is 5.84 Å². The second-order valence-electron chi connectivity index (χ2n) is 5.05. The second-order valence-corrected chi connectivity index (χ2v) is 5.05. The predicted octanol–water partition coefficient (Wildman–Crippen LogP) is 2.68. The van der Waals surface area contributed by atoms with Gasteiger partial charge in [-0.05, 0) is 49.6 Å². The number of aryl methyl sites for hydroxylation is 3. The van der Waals surface area contributed by atoms with Gasteiger partial charge in [-0.25, -0.2) is 0 Å². The number of aromatic nitrogens is 1. The van der Waals surface area contributed by atoms with Crippen LogP contribution >= 0.6 is 0 Å². The molecule has 0 saturated heterocycles. The summed E-state index contributed by atoms with van der Waals surface area (Å²) in [5.41, 5.74) is 10.3. The van der Waals surface area contributed by atoms with Gasteiger partial charge in [-0.15, -0.1) is 0 Å². The zero-order valence-electron chi connectivity index (χ0n) is 12.4. The molecule has 0 bridgehead atoms. The average Bonchev–Trinajstić information content (AvgIpc) is 2.45. The van der Waals surface area contributed by atoms with Crippen LogP contribution in [0.15, 0.2) is 35.6 Å². The van der Waals surface area contributed by atoms with Crippen molar-refractivity contribution in [3.8, 4) is 5.75 Å². The molecule has 0 aliphatic rings. The van der Waals surface area contributed by atoms with Gasteiger partial charge in [0.25, 0.3) is 0 Å². The van der Waals surface area contributed by atoms with E-state index in [4.69, 9.17) is 15.7 Å². The number of nitrogens with two attached hydrogens (primary N) is 1. The van der Waals surface area contributed by atoms with Crippen molar-refractivity contribution in [2.24, 2.45) is 10.9 Å². The molecule has 0 radical (unpaired) electrons. The van der Waals surface area contributed by atoms with E-state index in [2.05, 4.69) is 29.2 Å². The van der Waals surface area contributed by atoms with E-state index in [9.17, 15) is 0 Å². The molecule has 0 spiro atoms. The van der Waals surface area contributed by atoms with Crippen LogP contribution in [0.3, 0.4) is 0 Å². The van der Waals surface area contributed by atoms with E-state index in [0.717, 1.165) is 22.4 Å². The maximum atomic E-state index is 8.68. The van der Waals surface area contributed by atoms with Gasteiger partial charge in [0.1, 0.15) is 18.1 Å². The van der Waals surface area contributed by atoms with Gasteiger partial charge in [0, 0.05) is 6.20 Å². The summed E-state index contributed by atoms with van der Waals surface area (Å²) in [7, 11) is 0. The van der Waals surface area contributed by atoms with Crippen molar-refractivity contribution in [2.45, 2.75) is 27.4 Å². The molecule has 110 valence electrons. The summed E-state index contributed by atoms with van der Waals surface area (Å²) >= 11 is 0. The third kappa shape index (κ3) is 3.51. The van der Waals surface area contributed by atoms with Crippen LogP contribution in [0.25, 0.3) is 0 Å². The normalized spacial score (nSPS) is 11.5. The molecule has 0 atom stereocenters. The Bertz CT molecular complexity index is 658. The fourth-order valence-electron chi connectivity index (χ4n) is 2.31. The monoisotopic (exact) mass is 285 g/mol. The summed E-state index contributed by atoms with van der Waals surface area (Å²) in [6.07, 6.45) is 1.61. The predicted molar refractivity (Wildman–Crippen MR) is 81.7 cm³/mol. The van der Waals surface area contributed by atoms with Gasteiger partial charge in [-0.1, -0.05) is 22.9 Å². The lowest BCUT2D eigenvalue weighted by Crippen LogP contribution is -2.15. The smallest absolute Gasteiger partial charge is 0.188 e. The van der Waals surface area contributed by atoms with Crippen LogP contribution in [0.4, 0.5) is 0 Å². The molecule has 2 aromatic rings. The minimum atomic E-state index is -0.0143. The number of ether oxygens (including phenoxy) is 1. The molecule has 5 heteroatoms. The third-order valence-corrected chi connectivity index (χ3v) is 3.18. The van der Waals surface area contributed by atoms with Crippen molar-refractivity contribution in [1.29, 1.82) is 0 Å². The third-order valence-electron chi connectivity index (χ3n) is 3.18. The van der Waals surface area contributed by atoms with Crippen molar-refractivity contribution in [2.75, 3.05) is 0 Å². The molecule has 1 aromatic carbocycles.